The number of hydrogen-bond acceptors (Lipinski definition) is 5. The Hall–Kier alpha value is -3.87. The Bertz CT molecular complexity index is 1250. The average Bonchev–Trinajstić information content (AvgIpc) is 3.48. The van der Waals surface area contributed by atoms with Crippen molar-refractivity contribution in [3.63, 3.8) is 0 Å². The number of unbranched alkanes of at least 4 members (excludes halogenated alkanes) is 1. The molecule has 1 aliphatic heterocycles. The normalized spacial score (nSPS) is 17.1. The summed E-state index contributed by atoms with van der Waals surface area (Å²) in [5.74, 6) is -0.663. The molecule has 36 heavy (non-hydrogen) atoms. The Labute approximate surface area is 212 Å². The van der Waals surface area contributed by atoms with Gasteiger partial charge in [0.25, 0.3) is 11.7 Å². The van der Waals surface area contributed by atoms with Gasteiger partial charge in [0.2, 0.25) is 0 Å². The number of benzene rings is 2. The summed E-state index contributed by atoms with van der Waals surface area (Å²) in [6.07, 6.45) is 7.95. The van der Waals surface area contributed by atoms with Crippen LogP contribution in [0.2, 0.25) is 0 Å². The van der Waals surface area contributed by atoms with E-state index in [4.69, 9.17) is 4.74 Å². The van der Waals surface area contributed by atoms with Gasteiger partial charge in [0, 0.05) is 31.0 Å². The average molecular weight is 488 g/mol. The van der Waals surface area contributed by atoms with Gasteiger partial charge in [-0.2, -0.15) is 0 Å². The summed E-state index contributed by atoms with van der Waals surface area (Å²) in [6.45, 7) is 7.59. The molecule has 2 aromatic carbocycles. The van der Waals surface area contributed by atoms with Crippen molar-refractivity contribution in [1.29, 1.82) is 0 Å². The highest BCUT2D eigenvalue weighted by Crippen LogP contribution is 2.40. The number of imidazole rings is 1. The molecule has 1 atom stereocenters. The molecule has 0 spiro atoms. The van der Waals surface area contributed by atoms with E-state index in [0.717, 1.165) is 35.3 Å². The molecule has 1 aromatic heterocycles. The molecule has 4 rings (SSSR count). The third-order valence-electron chi connectivity index (χ3n) is 6.53. The van der Waals surface area contributed by atoms with E-state index in [9.17, 15) is 14.7 Å². The van der Waals surface area contributed by atoms with E-state index in [1.807, 2.05) is 67.1 Å². The standard InChI is InChI=1S/C29H33N3O4/c1-4-5-17-36-23-11-9-22(10-12-23)26-25(27(33)24-18-20(2)7-8-21(24)3)28(34)29(35)32(26)15-6-14-31-16-13-30-19-31/h7-13,16,18-19,26,33H,4-6,14-15,17H2,1-3H3/b27-25+. The summed E-state index contributed by atoms with van der Waals surface area (Å²) in [6, 6.07) is 12.5. The monoisotopic (exact) mass is 487 g/mol. The van der Waals surface area contributed by atoms with Gasteiger partial charge in [-0.15, -0.1) is 0 Å². The molecular formula is C29H33N3O4. The van der Waals surface area contributed by atoms with Crippen molar-refractivity contribution in [2.24, 2.45) is 0 Å². The Balaban J connectivity index is 1.71. The van der Waals surface area contributed by atoms with Gasteiger partial charge in [-0.1, -0.05) is 43.2 Å². The Morgan fingerprint density at radius 2 is 1.83 bits per heavy atom. The molecule has 1 unspecified atom stereocenters. The molecule has 1 aliphatic rings. The van der Waals surface area contributed by atoms with E-state index in [1.54, 1.807) is 17.4 Å². The van der Waals surface area contributed by atoms with Crippen molar-refractivity contribution in [2.45, 2.75) is 52.6 Å². The summed E-state index contributed by atoms with van der Waals surface area (Å²) in [4.78, 5) is 32.1. The number of aromatic nitrogens is 2. The first-order chi connectivity index (χ1) is 17.4. The molecule has 7 heteroatoms. The number of carbonyl (C=O) groups excluding carboxylic acids is 2. The van der Waals surface area contributed by atoms with Gasteiger partial charge in [0.15, 0.2) is 0 Å². The van der Waals surface area contributed by atoms with Crippen molar-refractivity contribution in [3.8, 4) is 5.75 Å². The van der Waals surface area contributed by atoms with Crippen molar-refractivity contribution in [2.75, 3.05) is 13.2 Å². The minimum absolute atomic E-state index is 0.121. The molecule has 1 fully saturated rings. The first-order valence-corrected chi connectivity index (χ1v) is 12.4. The maximum absolute atomic E-state index is 13.3. The van der Waals surface area contributed by atoms with Crippen LogP contribution in [0.25, 0.3) is 5.76 Å². The topological polar surface area (TPSA) is 84.7 Å². The maximum atomic E-state index is 13.3. The zero-order valence-electron chi connectivity index (χ0n) is 21.1. The van der Waals surface area contributed by atoms with Crippen molar-refractivity contribution in [3.05, 3.63) is 89.0 Å². The van der Waals surface area contributed by atoms with Crippen LogP contribution in [0, 0.1) is 13.8 Å². The minimum Gasteiger partial charge on any atom is -0.507 e. The van der Waals surface area contributed by atoms with Crippen LogP contribution in [0.3, 0.4) is 0 Å². The second-order valence-electron chi connectivity index (χ2n) is 9.24. The van der Waals surface area contributed by atoms with Crippen LogP contribution < -0.4 is 4.74 Å². The molecule has 0 bridgehead atoms. The fourth-order valence-corrected chi connectivity index (χ4v) is 4.52. The van der Waals surface area contributed by atoms with E-state index in [2.05, 4.69) is 11.9 Å². The largest absolute Gasteiger partial charge is 0.507 e. The summed E-state index contributed by atoms with van der Waals surface area (Å²) in [7, 11) is 0. The SMILES string of the molecule is CCCCOc1ccc(C2/C(=C(\O)c3cc(C)ccc3C)C(=O)C(=O)N2CCCn2ccnc2)cc1. The molecule has 1 N–H and O–H groups in total. The third-order valence-corrected chi connectivity index (χ3v) is 6.53. The smallest absolute Gasteiger partial charge is 0.295 e. The van der Waals surface area contributed by atoms with E-state index >= 15 is 0 Å². The number of aryl methyl sites for hydroxylation is 3. The van der Waals surface area contributed by atoms with Gasteiger partial charge >= 0.3 is 0 Å². The van der Waals surface area contributed by atoms with Gasteiger partial charge in [-0.3, -0.25) is 9.59 Å². The summed E-state index contributed by atoms with van der Waals surface area (Å²) >= 11 is 0. The minimum atomic E-state index is -0.683. The number of aliphatic hydroxyl groups is 1. The highest BCUT2D eigenvalue weighted by atomic mass is 16.5. The molecule has 1 amide bonds. The lowest BCUT2D eigenvalue weighted by Gasteiger charge is -2.25. The zero-order chi connectivity index (χ0) is 25.7. The van der Waals surface area contributed by atoms with Crippen LogP contribution in [-0.2, 0) is 16.1 Å². The predicted molar refractivity (Wildman–Crippen MR) is 139 cm³/mol. The lowest BCUT2D eigenvalue weighted by atomic mass is 9.93. The van der Waals surface area contributed by atoms with E-state index < -0.39 is 17.7 Å². The molecular weight excluding hydrogens is 454 g/mol. The van der Waals surface area contributed by atoms with Crippen molar-refractivity contribution in [1.82, 2.24) is 14.5 Å². The molecule has 188 valence electrons. The molecule has 2 heterocycles. The fourth-order valence-electron chi connectivity index (χ4n) is 4.52. The number of carbonyl (C=O) groups is 2. The van der Waals surface area contributed by atoms with Gasteiger partial charge in [0.1, 0.15) is 11.5 Å². The van der Waals surface area contributed by atoms with Crippen molar-refractivity contribution < 1.29 is 19.4 Å². The summed E-state index contributed by atoms with van der Waals surface area (Å²) in [5, 5.41) is 11.4. The zero-order valence-corrected chi connectivity index (χ0v) is 21.1. The number of hydrogen-bond donors (Lipinski definition) is 1. The second-order valence-corrected chi connectivity index (χ2v) is 9.24. The number of nitrogens with zero attached hydrogens (tertiary/aromatic N) is 3. The second kappa shape index (κ2) is 11.2. The number of ether oxygens (including phenoxy) is 1. The number of aliphatic hydroxyl groups excluding tert-OH is 1. The van der Waals surface area contributed by atoms with Crippen LogP contribution in [0.4, 0.5) is 0 Å². The van der Waals surface area contributed by atoms with Gasteiger partial charge in [-0.25, -0.2) is 4.98 Å². The number of rotatable bonds is 10. The molecule has 7 nitrogen and oxygen atoms in total. The fraction of sp³-hybridized carbons (Fsp3) is 0.345. The van der Waals surface area contributed by atoms with Crippen LogP contribution in [0.5, 0.6) is 5.75 Å². The van der Waals surface area contributed by atoms with Crippen LogP contribution in [-0.4, -0.2) is 44.4 Å². The molecule has 0 radical (unpaired) electrons. The van der Waals surface area contributed by atoms with E-state index in [0.29, 0.717) is 31.7 Å². The number of Topliss-reactive ketones (excluding diaryl/α,β-unsaturated/α-hetero) is 1. The predicted octanol–water partition coefficient (Wildman–Crippen LogP) is 5.19. The molecule has 0 aliphatic carbocycles. The number of ketones is 1. The molecule has 3 aromatic rings. The van der Waals surface area contributed by atoms with Gasteiger partial charge in [0.05, 0.1) is 24.5 Å². The highest BCUT2D eigenvalue weighted by molar-refractivity contribution is 6.46. The van der Waals surface area contributed by atoms with Gasteiger partial charge in [-0.05, 0) is 56.0 Å². The Kier molecular flexibility index (Phi) is 7.88. The first-order valence-electron chi connectivity index (χ1n) is 12.4. The number of likely N-dealkylation sites (tertiary alicyclic amines) is 1. The molecule has 1 saturated heterocycles. The van der Waals surface area contributed by atoms with Crippen LogP contribution in [0.1, 0.15) is 54.5 Å². The Morgan fingerprint density at radius 3 is 2.53 bits per heavy atom. The van der Waals surface area contributed by atoms with E-state index in [1.165, 1.54) is 0 Å². The lowest BCUT2D eigenvalue weighted by Crippen LogP contribution is -2.31. The van der Waals surface area contributed by atoms with Gasteiger partial charge < -0.3 is 19.3 Å². The third kappa shape index (κ3) is 5.35. The summed E-state index contributed by atoms with van der Waals surface area (Å²) < 4.78 is 7.73. The quantitative estimate of drug-likeness (QED) is 0.184. The molecule has 0 saturated carbocycles. The lowest BCUT2D eigenvalue weighted by molar-refractivity contribution is -0.139. The van der Waals surface area contributed by atoms with Crippen LogP contribution in [0.15, 0.2) is 66.8 Å². The van der Waals surface area contributed by atoms with Crippen LogP contribution >= 0.6 is 0 Å². The summed E-state index contributed by atoms with van der Waals surface area (Å²) in [5.41, 5.74) is 3.24. The first kappa shape index (κ1) is 25.2. The maximum Gasteiger partial charge on any atom is 0.295 e. The number of amides is 1. The highest BCUT2D eigenvalue weighted by Gasteiger charge is 2.45. The van der Waals surface area contributed by atoms with E-state index in [-0.39, 0.29) is 11.3 Å². The Morgan fingerprint density at radius 1 is 1.06 bits per heavy atom. The van der Waals surface area contributed by atoms with Crippen molar-refractivity contribution >= 4 is 17.4 Å².